The van der Waals surface area contributed by atoms with E-state index < -0.39 is 5.82 Å². The van der Waals surface area contributed by atoms with E-state index in [9.17, 15) is 4.39 Å². The van der Waals surface area contributed by atoms with Gasteiger partial charge in [-0.3, -0.25) is 0 Å². The number of benzene rings is 1. The van der Waals surface area contributed by atoms with Crippen LogP contribution < -0.4 is 4.74 Å². The smallest absolute Gasteiger partial charge is 0.142 e. The lowest BCUT2D eigenvalue weighted by Crippen LogP contribution is -1.93. The van der Waals surface area contributed by atoms with Crippen LogP contribution in [0.5, 0.6) is 5.75 Å². The summed E-state index contributed by atoms with van der Waals surface area (Å²) in [6, 6.07) is 2.35. The Bertz CT molecular complexity index is 289. The van der Waals surface area contributed by atoms with Gasteiger partial charge >= 0.3 is 0 Å². The van der Waals surface area contributed by atoms with E-state index in [0.29, 0.717) is 6.61 Å². The van der Waals surface area contributed by atoms with Crippen LogP contribution in [0.25, 0.3) is 0 Å². The second-order valence-electron chi connectivity index (χ2n) is 2.13. The fourth-order valence-electron chi connectivity index (χ4n) is 0.793. The lowest BCUT2D eigenvalue weighted by atomic mass is 10.3. The van der Waals surface area contributed by atoms with E-state index in [1.165, 1.54) is 6.07 Å². The zero-order valence-electron chi connectivity index (χ0n) is 6.40. The Morgan fingerprint density at radius 1 is 1.42 bits per heavy atom. The SMILES string of the molecule is CCOc1cc(F)cc(Cl)c1Cl. The molecule has 0 spiro atoms. The standard InChI is InChI=1S/C8H7Cl2FO/c1-2-12-7-4-5(11)3-6(9)8(7)10/h3-4H,2H2,1H3. The summed E-state index contributed by atoms with van der Waals surface area (Å²) >= 11 is 11.3. The van der Waals surface area contributed by atoms with E-state index in [1.807, 2.05) is 0 Å². The molecule has 0 aliphatic heterocycles. The van der Waals surface area contributed by atoms with Gasteiger partial charge in [-0.05, 0) is 13.0 Å². The molecule has 4 heteroatoms. The molecule has 1 nitrogen and oxygen atoms in total. The summed E-state index contributed by atoms with van der Waals surface area (Å²) in [7, 11) is 0. The summed E-state index contributed by atoms with van der Waals surface area (Å²) in [4.78, 5) is 0. The summed E-state index contributed by atoms with van der Waals surface area (Å²) < 4.78 is 17.8. The molecule has 0 atom stereocenters. The first-order valence-electron chi connectivity index (χ1n) is 3.42. The largest absolute Gasteiger partial charge is 0.492 e. The second kappa shape index (κ2) is 3.97. The molecule has 1 rings (SSSR count). The Hall–Kier alpha value is -0.470. The summed E-state index contributed by atoms with van der Waals surface area (Å²) in [6.07, 6.45) is 0. The summed E-state index contributed by atoms with van der Waals surface area (Å²) in [6.45, 7) is 2.22. The number of rotatable bonds is 2. The van der Waals surface area contributed by atoms with Gasteiger partial charge in [0.25, 0.3) is 0 Å². The molecule has 0 N–H and O–H groups in total. The van der Waals surface area contributed by atoms with Gasteiger partial charge in [-0.15, -0.1) is 0 Å². The second-order valence-corrected chi connectivity index (χ2v) is 2.92. The van der Waals surface area contributed by atoms with Gasteiger partial charge in [0.1, 0.15) is 16.6 Å². The van der Waals surface area contributed by atoms with Crippen LogP contribution in [0.15, 0.2) is 12.1 Å². The molecule has 0 unspecified atom stereocenters. The molecule has 0 amide bonds. The van der Waals surface area contributed by atoms with Crippen molar-refractivity contribution in [3.8, 4) is 5.75 Å². The van der Waals surface area contributed by atoms with Gasteiger partial charge in [-0.1, -0.05) is 23.2 Å². The lowest BCUT2D eigenvalue weighted by Gasteiger charge is -2.06. The predicted molar refractivity (Wildman–Crippen MR) is 47.6 cm³/mol. The van der Waals surface area contributed by atoms with Crippen molar-refractivity contribution >= 4 is 23.2 Å². The van der Waals surface area contributed by atoms with E-state index in [2.05, 4.69) is 0 Å². The highest BCUT2D eigenvalue weighted by Gasteiger charge is 2.07. The van der Waals surface area contributed by atoms with Crippen LogP contribution in [-0.4, -0.2) is 6.61 Å². The molecule has 66 valence electrons. The zero-order valence-corrected chi connectivity index (χ0v) is 7.92. The minimum Gasteiger partial charge on any atom is -0.492 e. The Kier molecular flexibility index (Phi) is 3.18. The Morgan fingerprint density at radius 2 is 2.08 bits per heavy atom. The van der Waals surface area contributed by atoms with Gasteiger partial charge in [0.05, 0.1) is 11.6 Å². The molecule has 12 heavy (non-hydrogen) atoms. The van der Waals surface area contributed by atoms with E-state index in [0.717, 1.165) is 6.07 Å². The molecule has 0 fully saturated rings. The summed E-state index contributed by atoms with van der Waals surface area (Å²) in [5, 5.41) is 0.417. The molecular formula is C8H7Cl2FO. The molecule has 0 bridgehead atoms. The van der Waals surface area contributed by atoms with Crippen LogP contribution in [0.3, 0.4) is 0 Å². The molecule has 1 aromatic rings. The highest BCUT2D eigenvalue weighted by Crippen LogP contribution is 2.32. The van der Waals surface area contributed by atoms with Crippen LogP contribution in [0.4, 0.5) is 4.39 Å². The van der Waals surface area contributed by atoms with E-state index in [-0.39, 0.29) is 15.8 Å². The van der Waals surface area contributed by atoms with Crippen molar-refractivity contribution in [1.82, 2.24) is 0 Å². The Morgan fingerprint density at radius 3 is 2.67 bits per heavy atom. The minimum absolute atomic E-state index is 0.167. The van der Waals surface area contributed by atoms with Crippen LogP contribution in [0.1, 0.15) is 6.92 Å². The highest BCUT2D eigenvalue weighted by molar-refractivity contribution is 6.42. The van der Waals surface area contributed by atoms with Crippen molar-refractivity contribution in [2.45, 2.75) is 6.92 Å². The topological polar surface area (TPSA) is 9.23 Å². The van der Waals surface area contributed by atoms with E-state index in [1.54, 1.807) is 6.92 Å². The van der Waals surface area contributed by atoms with Crippen molar-refractivity contribution in [3.63, 3.8) is 0 Å². The molecule has 1 aromatic carbocycles. The first-order chi connectivity index (χ1) is 5.65. The van der Waals surface area contributed by atoms with Crippen LogP contribution in [-0.2, 0) is 0 Å². The first kappa shape index (κ1) is 9.62. The molecule has 0 radical (unpaired) electrons. The number of hydrogen-bond acceptors (Lipinski definition) is 1. The van der Waals surface area contributed by atoms with Crippen LogP contribution in [0.2, 0.25) is 10.0 Å². The van der Waals surface area contributed by atoms with Gasteiger partial charge < -0.3 is 4.74 Å². The van der Waals surface area contributed by atoms with Crippen molar-refractivity contribution in [3.05, 3.63) is 28.0 Å². The quantitative estimate of drug-likeness (QED) is 0.677. The molecule has 0 aliphatic rings. The van der Waals surface area contributed by atoms with Crippen molar-refractivity contribution in [1.29, 1.82) is 0 Å². The van der Waals surface area contributed by atoms with Gasteiger partial charge in [0, 0.05) is 6.07 Å². The molecule has 0 heterocycles. The maximum absolute atomic E-state index is 12.7. The van der Waals surface area contributed by atoms with Gasteiger partial charge in [0.2, 0.25) is 0 Å². The van der Waals surface area contributed by atoms with Crippen molar-refractivity contribution < 1.29 is 9.13 Å². The fourth-order valence-corrected chi connectivity index (χ4v) is 1.15. The average molecular weight is 209 g/mol. The van der Waals surface area contributed by atoms with Crippen LogP contribution in [0, 0.1) is 5.82 Å². The first-order valence-corrected chi connectivity index (χ1v) is 4.18. The molecule has 0 aromatic heterocycles. The van der Waals surface area contributed by atoms with Crippen molar-refractivity contribution in [2.75, 3.05) is 6.61 Å². The normalized spacial score (nSPS) is 10.0. The van der Waals surface area contributed by atoms with Gasteiger partial charge in [-0.25, -0.2) is 4.39 Å². The maximum atomic E-state index is 12.7. The van der Waals surface area contributed by atoms with Gasteiger partial charge in [-0.2, -0.15) is 0 Å². The molecular weight excluding hydrogens is 202 g/mol. The maximum Gasteiger partial charge on any atom is 0.142 e. The number of ether oxygens (including phenoxy) is 1. The predicted octanol–water partition coefficient (Wildman–Crippen LogP) is 3.53. The fraction of sp³-hybridized carbons (Fsp3) is 0.250. The molecule has 0 aliphatic carbocycles. The molecule has 0 saturated carbocycles. The van der Waals surface area contributed by atoms with Crippen molar-refractivity contribution in [2.24, 2.45) is 0 Å². The third-order valence-electron chi connectivity index (χ3n) is 1.26. The highest BCUT2D eigenvalue weighted by atomic mass is 35.5. The Labute approximate surface area is 80.0 Å². The summed E-state index contributed by atoms with van der Waals surface area (Å²) in [5.74, 6) is -0.169. The Balaban J connectivity index is 3.09. The third kappa shape index (κ3) is 2.02. The monoisotopic (exact) mass is 208 g/mol. The molecule has 0 saturated heterocycles. The van der Waals surface area contributed by atoms with E-state index >= 15 is 0 Å². The van der Waals surface area contributed by atoms with Gasteiger partial charge in [0.15, 0.2) is 0 Å². The van der Waals surface area contributed by atoms with E-state index in [4.69, 9.17) is 27.9 Å². The zero-order chi connectivity index (χ0) is 9.14. The van der Waals surface area contributed by atoms with Crippen LogP contribution >= 0.6 is 23.2 Å². The minimum atomic E-state index is -0.451. The third-order valence-corrected chi connectivity index (χ3v) is 2.04. The lowest BCUT2D eigenvalue weighted by molar-refractivity contribution is 0.338. The number of halogens is 3. The average Bonchev–Trinajstić information content (AvgIpc) is 2.00. The number of hydrogen-bond donors (Lipinski definition) is 0. The summed E-state index contributed by atoms with van der Waals surface area (Å²) in [5.41, 5.74) is 0.